The van der Waals surface area contributed by atoms with Gasteiger partial charge in [0.2, 0.25) is 5.91 Å². The molecule has 0 aliphatic carbocycles. The SMILES string of the molecule is CCOC(=O)c1cccc(NC(=O)CCN2C(=O)c3ccccc3S2(=O)=O)c1C. The van der Waals surface area contributed by atoms with E-state index in [1.807, 2.05) is 0 Å². The highest BCUT2D eigenvalue weighted by Crippen LogP contribution is 2.30. The highest BCUT2D eigenvalue weighted by Gasteiger charge is 2.40. The number of fused-ring (bicyclic) bond motifs is 1. The Bertz CT molecular complexity index is 1090. The lowest BCUT2D eigenvalue weighted by Crippen LogP contribution is -2.33. The Balaban J connectivity index is 1.70. The topological polar surface area (TPSA) is 110 Å². The molecule has 0 spiro atoms. The van der Waals surface area contributed by atoms with E-state index in [1.165, 1.54) is 12.1 Å². The quantitative estimate of drug-likeness (QED) is 0.724. The molecule has 0 fully saturated rings. The number of nitrogens with zero attached hydrogens (tertiary/aromatic N) is 1. The van der Waals surface area contributed by atoms with Gasteiger partial charge in [0.1, 0.15) is 4.90 Å². The second-order valence-electron chi connectivity index (χ2n) is 6.38. The van der Waals surface area contributed by atoms with Gasteiger partial charge in [0.15, 0.2) is 0 Å². The van der Waals surface area contributed by atoms with Crippen LogP contribution < -0.4 is 5.32 Å². The fourth-order valence-corrected chi connectivity index (χ4v) is 4.64. The van der Waals surface area contributed by atoms with Gasteiger partial charge >= 0.3 is 5.97 Å². The van der Waals surface area contributed by atoms with Crippen molar-refractivity contribution in [3.8, 4) is 0 Å². The van der Waals surface area contributed by atoms with Crippen molar-refractivity contribution in [3.63, 3.8) is 0 Å². The molecule has 0 bridgehead atoms. The van der Waals surface area contributed by atoms with Gasteiger partial charge in [-0.2, -0.15) is 0 Å². The zero-order chi connectivity index (χ0) is 21.2. The molecule has 0 aromatic heterocycles. The van der Waals surface area contributed by atoms with Crippen LogP contribution in [-0.2, 0) is 19.6 Å². The average molecular weight is 416 g/mol. The van der Waals surface area contributed by atoms with E-state index < -0.39 is 27.8 Å². The minimum absolute atomic E-state index is 0.0524. The highest BCUT2D eigenvalue weighted by atomic mass is 32.2. The van der Waals surface area contributed by atoms with Gasteiger partial charge in [-0.05, 0) is 43.7 Å². The van der Waals surface area contributed by atoms with Crippen molar-refractivity contribution < 1.29 is 27.5 Å². The van der Waals surface area contributed by atoms with Crippen molar-refractivity contribution in [2.45, 2.75) is 25.2 Å². The molecule has 9 heteroatoms. The molecule has 1 aliphatic heterocycles. The second kappa shape index (κ2) is 8.04. The summed E-state index contributed by atoms with van der Waals surface area (Å²) < 4.78 is 30.7. The summed E-state index contributed by atoms with van der Waals surface area (Å²) in [7, 11) is -3.95. The lowest BCUT2D eigenvalue weighted by atomic mass is 10.1. The molecule has 8 nitrogen and oxygen atoms in total. The van der Waals surface area contributed by atoms with E-state index in [2.05, 4.69) is 5.32 Å². The standard InChI is InChI=1S/C20H20N2O6S/c1-3-28-20(25)14-8-6-9-16(13(14)2)21-18(23)11-12-22-19(24)15-7-4-5-10-17(15)29(22,26)27/h4-10H,3,11-12H2,1-2H3,(H,21,23). The van der Waals surface area contributed by atoms with Gasteiger partial charge in [0.25, 0.3) is 15.9 Å². The third-order valence-corrected chi connectivity index (χ3v) is 6.40. The Morgan fingerprint density at radius 1 is 1.10 bits per heavy atom. The van der Waals surface area contributed by atoms with Gasteiger partial charge in [0.05, 0.1) is 17.7 Å². The molecule has 1 N–H and O–H groups in total. The molecule has 3 rings (SSSR count). The van der Waals surface area contributed by atoms with Crippen LogP contribution >= 0.6 is 0 Å². The van der Waals surface area contributed by atoms with E-state index in [1.54, 1.807) is 44.2 Å². The molecule has 0 saturated carbocycles. The first-order chi connectivity index (χ1) is 13.8. The summed E-state index contributed by atoms with van der Waals surface area (Å²) >= 11 is 0. The Labute approximate surface area is 168 Å². The maximum Gasteiger partial charge on any atom is 0.338 e. The first kappa shape index (κ1) is 20.5. The van der Waals surface area contributed by atoms with Gasteiger partial charge < -0.3 is 10.1 Å². The van der Waals surface area contributed by atoms with Crippen molar-refractivity contribution in [2.24, 2.45) is 0 Å². The summed E-state index contributed by atoms with van der Waals surface area (Å²) in [6.45, 7) is 3.33. The molecule has 1 heterocycles. The number of benzene rings is 2. The van der Waals surface area contributed by atoms with Gasteiger partial charge in [-0.15, -0.1) is 0 Å². The molecule has 1 aliphatic rings. The molecule has 0 saturated heterocycles. The Kier molecular flexibility index (Phi) is 5.69. The van der Waals surface area contributed by atoms with Gasteiger partial charge in [-0.25, -0.2) is 17.5 Å². The zero-order valence-electron chi connectivity index (χ0n) is 16.0. The van der Waals surface area contributed by atoms with Crippen molar-refractivity contribution in [1.29, 1.82) is 0 Å². The number of hydrogen-bond donors (Lipinski definition) is 1. The van der Waals surface area contributed by atoms with E-state index in [0.29, 0.717) is 21.1 Å². The van der Waals surface area contributed by atoms with Crippen molar-refractivity contribution >= 4 is 33.5 Å². The summed E-state index contributed by atoms with van der Waals surface area (Å²) in [5.74, 6) is -1.62. The molecule has 2 aromatic rings. The molecule has 29 heavy (non-hydrogen) atoms. The number of carbonyl (C=O) groups excluding carboxylic acids is 3. The minimum atomic E-state index is -3.95. The monoisotopic (exact) mass is 416 g/mol. The number of carbonyl (C=O) groups is 3. The molecular formula is C20H20N2O6S. The summed E-state index contributed by atoms with van der Waals surface area (Å²) in [6.07, 6.45) is -0.220. The maximum atomic E-state index is 12.5. The number of amides is 2. The van der Waals surface area contributed by atoms with E-state index in [9.17, 15) is 22.8 Å². The molecule has 152 valence electrons. The number of nitrogens with one attached hydrogen (secondary N) is 1. The molecule has 0 radical (unpaired) electrons. The van der Waals surface area contributed by atoms with Crippen LogP contribution in [0, 0.1) is 6.92 Å². The summed E-state index contributed by atoms with van der Waals surface area (Å²) in [4.78, 5) is 36.7. The number of rotatable bonds is 6. The minimum Gasteiger partial charge on any atom is -0.462 e. The van der Waals surface area contributed by atoms with Crippen LogP contribution in [-0.4, -0.2) is 43.7 Å². The molecule has 0 atom stereocenters. The predicted octanol–water partition coefficient (Wildman–Crippen LogP) is 2.35. The zero-order valence-corrected chi connectivity index (χ0v) is 16.8. The van der Waals surface area contributed by atoms with Crippen LogP contribution in [0.3, 0.4) is 0 Å². The van der Waals surface area contributed by atoms with Crippen LogP contribution in [0.25, 0.3) is 0 Å². The first-order valence-corrected chi connectivity index (χ1v) is 10.4. The highest BCUT2D eigenvalue weighted by molar-refractivity contribution is 7.90. The van der Waals surface area contributed by atoms with E-state index in [4.69, 9.17) is 4.74 Å². The average Bonchev–Trinajstić information content (AvgIpc) is 2.88. The van der Waals surface area contributed by atoms with Crippen LogP contribution in [0.15, 0.2) is 47.4 Å². The third-order valence-electron chi connectivity index (χ3n) is 4.56. The third kappa shape index (κ3) is 3.86. The van der Waals surface area contributed by atoms with Crippen LogP contribution in [0.5, 0.6) is 0 Å². The number of esters is 1. The van der Waals surface area contributed by atoms with Crippen molar-refractivity contribution in [3.05, 3.63) is 59.2 Å². The maximum absolute atomic E-state index is 12.5. The lowest BCUT2D eigenvalue weighted by Gasteiger charge is -2.16. The fourth-order valence-electron chi connectivity index (χ4n) is 3.07. The summed E-state index contributed by atoms with van der Waals surface area (Å²) in [5, 5.41) is 2.66. The van der Waals surface area contributed by atoms with E-state index in [-0.39, 0.29) is 30.0 Å². The van der Waals surface area contributed by atoms with E-state index >= 15 is 0 Å². The molecule has 2 amide bonds. The molecule has 2 aromatic carbocycles. The molecule has 0 unspecified atom stereocenters. The van der Waals surface area contributed by atoms with Crippen molar-refractivity contribution in [1.82, 2.24) is 4.31 Å². The smallest absolute Gasteiger partial charge is 0.338 e. The van der Waals surface area contributed by atoms with E-state index in [0.717, 1.165) is 0 Å². The number of ether oxygens (including phenoxy) is 1. The predicted molar refractivity (Wildman–Crippen MR) is 105 cm³/mol. The summed E-state index contributed by atoms with van der Waals surface area (Å²) in [5.41, 5.74) is 1.39. The second-order valence-corrected chi connectivity index (χ2v) is 8.21. The van der Waals surface area contributed by atoms with Gasteiger partial charge in [0, 0.05) is 18.7 Å². The van der Waals surface area contributed by atoms with Crippen LogP contribution in [0.4, 0.5) is 5.69 Å². The Hall–Kier alpha value is -3.20. The summed E-state index contributed by atoms with van der Waals surface area (Å²) in [6, 6.07) is 10.8. The normalized spacial score (nSPS) is 14.4. The number of hydrogen-bond acceptors (Lipinski definition) is 6. The van der Waals surface area contributed by atoms with Crippen LogP contribution in [0.1, 0.15) is 39.6 Å². The Morgan fingerprint density at radius 2 is 1.83 bits per heavy atom. The van der Waals surface area contributed by atoms with Gasteiger partial charge in [-0.3, -0.25) is 9.59 Å². The number of sulfonamides is 1. The number of anilines is 1. The first-order valence-electron chi connectivity index (χ1n) is 9.00. The molecular weight excluding hydrogens is 396 g/mol. The lowest BCUT2D eigenvalue weighted by molar-refractivity contribution is -0.116. The van der Waals surface area contributed by atoms with Crippen molar-refractivity contribution in [2.75, 3.05) is 18.5 Å². The largest absolute Gasteiger partial charge is 0.462 e. The van der Waals surface area contributed by atoms with Gasteiger partial charge in [-0.1, -0.05) is 18.2 Å². The van der Waals surface area contributed by atoms with Crippen LogP contribution in [0.2, 0.25) is 0 Å². The fraction of sp³-hybridized carbons (Fsp3) is 0.250. The Morgan fingerprint density at radius 3 is 2.52 bits per heavy atom.